The average Bonchev–Trinajstić information content (AvgIpc) is 2.70. The molecule has 30 heavy (non-hydrogen) atoms. The van der Waals surface area contributed by atoms with Crippen LogP contribution < -0.4 is 15.4 Å². The van der Waals surface area contributed by atoms with Crippen LogP contribution in [0.2, 0.25) is 0 Å². The zero-order valence-corrected chi connectivity index (χ0v) is 18.6. The molecule has 0 saturated carbocycles. The molecule has 0 aromatic heterocycles. The van der Waals surface area contributed by atoms with Crippen molar-refractivity contribution >= 4 is 35.6 Å². The molecular weight excluding hydrogens is 426 g/mol. The SMILES string of the molecule is CC(O)CNCCNCc1c(OCc2ccccc2F)ccc2ccccc12.Cl.Cl. The molecule has 3 aromatic carbocycles. The third kappa shape index (κ3) is 7.42. The minimum absolute atomic E-state index is 0. The number of ether oxygens (including phenoxy) is 1. The van der Waals surface area contributed by atoms with Gasteiger partial charge in [0.05, 0.1) is 6.10 Å². The zero-order chi connectivity index (χ0) is 19.8. The summed E-state index contributed by atoms with van der Waals surface area (Å²) in [6.45, 7) is 4.70. The molecule has 0 aliphatic rings. The first-order valence-electron chi connectivity index (χ1n) is 9.61. The van der Waals surface area contributed by atoms with Crippen LogP contribution in [-0.2, 0) is 13.2 Å². The van der Waals surface area contributed by atoms with Gasteiger partial charge in [-0.1, -0.05) is 48.5 Å². The highest BCUT2D eigenvalue weighted by molar-refractivity contribution is 5.87. The highest BCUT2D eigenvalue weighted by Crippen LogP contribution is 2.29. The van der Waals surface area contributed by atoms with Crippen LogP contribution in [0.1, 0.15) is 18.1 Å². The van der Waals surface area contributed by atoms with E-state index in [1.54, 1.807) is 19.1 Å². The number of rotatable bonds is 10. The van der Waals surface area contributed by atoms with E-state index in [4.69, 9.17) is 4.74 Å². The maximum Gasteiger partial charge on any atom is 0.129 e. The Balaban J connectivity index is 0.00000225. The summed E-state index contributed by atoms with van der Waals surface area (Å²) >= 11 is 0. The van der Waals surface area contributed by atoms with Crippen LogP contribution in [-0.4, -0.2) is 30.8 Å². The summed E-state index contributed by atoms with van der Waals surface area (Å²) in [5.74, 6) is 0.499. The Morgan fingerprint density at radius 3 is 2.40 bits per heavy atom. The molecule has 3 N–H and O–H groups in total. The Hall–Kier alpha value is -1.89. The second-order valence-electron chi connectivity index (χ2n) is 6.87. The Labute approximate surface area is 189 Å². The summed E-state index contributed by atoms with van der Waals surface area (Å²) < 4.78 is 19.9. The van der Waals surface area contributed by atoms with Crippen molar-refractivity contribution in [1.82, 2.24) is 10.6 Å². The quantitative estimate of drug-likeness (QED) is 0.395. The topological polar surface area (TPSA) is 53.5 Å². The number of hydrogen-bond acceptors (Lipinski definition) is 4. The van der Waals surface area contributed by atoms with Crippen molar-refractivity contribution in [3.63, 3.8) is 0 Å². The lowest BCUT2D eigenvalue weighted by Crippen LogP contribution is -2.31. The monoisotopic (exact) mass is 454 g/mol. The van der Waals surface area contributed by atoms with Gasteiger partial charge in [0.25, 0.3) is 0 Å². The van der Waals surface area contributed by atoms with E-state index in [9.17, 15) is 9.50 Å². The summed E-state index contributed by atoms with van der Waals surface area (Å²) in [6, 6.07) is 18.8. The second-order valence-corrected chi connectivity index (χ2v) is 6.87. The fourth-order valence-corrected chi connectivity index (χ4v) is 3.11. The van der Waals surface area contributed by atoms with Gasteiger partial charge < -0.3 is 20.5 Å². The van der Waals surface area contributed by atoms with Gasteiger partial charge in [0.15, 0.2) is 0 Å². The van der Waals surface area contributed by atoms with E-state index in [0.29, 0.717) is 18.7 Å². The molecule has 3 aromatic rings. The molecule has 4 nitrogen and oxygen atoms in total. The summed E-state index contributed by atoms with van der Waals surface area (Å²) in [4.78, 5) is 0. The van der Waals surface area contributed by atoms with E-state index in [1.807, 2.05) is 30.3 Å². The number of halogens is 3. The molecule has 0 fully saturated rings. The molecular formula is C23H29Cl2FN2O2. The smallest absolute Gasteiger partial charge is 0.129 e. The first-order chi connectivity index (χ1) is 13.6. The minimum Gasteiger partial charge on any atom is -0.488 e. The number of aliphatic hydroxyl groups excluding tert-OH is 1. The predicted molar refractivity (Wildman–Crippen MR) is 125 cm³/mol. The lowest BCUT2D eigenvalue weighted by Gasteiger charge is -2.16. The van der Waals surface area contributed by atoms with E-state index in [1.165, 1.54) is 6.07 Å². The normalized spacial score (nSPS) is 11.4. The molecule has 0 radical (unpaired) electrons. The van der Waals surface area contributed by atoms with Crippen molar-refractivity contribution in [3.8, 4) is 5.75 Å². The fraction of sp³-hybridized carbons (Fsp3) is 0.304. The van der Waals surface area contributed by atoms with Gasteiger partial charge >= 0.3 is 0 Å². The molecule has 7 heteroatoms. The van der Waals surface area contributed by atoms with Crippen LogP contribution in [0.15, 0.2) is 60.7 Å². The van der Waals surface area contributed by atoms with Crippen LogP contribution in [0.3, 0.4) is 0 Å². The molecule has 164 valence electrons. The van der Waals surface area contributed by atoms with Gasteiger partial charge in [-0.2, -0.15) is 0 Å². The molecule has 0 aliphatic heterocycles. The molecule has 1 atom stereocenters. The lowest BCUT2D eigenvalue weighted by molar-refractivity contribution is 0.191. The number of aliphatic hydroxyl groups is 1. The van der Waals surface area contributed by atoms with Gasteiger partial charge in [-0.3, -0.25) is 0 Å². The highest BCUT2D eigenvalue weighted by Gasteiger charge is 2.10. The molecule has 0 saturated heterocycles. The maximum atomic E-state index is 13.9. The van der Waals surface area contributed by atoms with Crippen LogP contribution in [0.5, 0.6) is 5.75 Å². The van der Waals surface area contributed by atoms with Crippen LogP contribution in [0, 0.1) is 5.82 Å². The van der Waals surface area contributed by atoms with Gasteiger partial charge in [-0.05, 0) is 29.8 Å². The van der Waals surface area contributed by atoms with E-state index in [2.05, 4.69) is 22.8 Å². The average molecular weight is 455 g/mol. The number of fused-ring (bicyclic) bond motifs is 1. The Bertz CT molecular complexity index is 909. The molecule has 1 unspecified atom stereocenters. The molecule has 0 bridgehead atoms. The summed E-state index contributed by atoms with van der Waals surface area (Å²) in [5, 5.41) is 18.2. The van der Waals surface area contributed by atoms with Crippen molar-refractivity contribution in [1.29, 1.82) is 0 Å². The van der Waals surface area contributed by atoms with E-state index in [0.717, 1.165) is 35.2 Å². The molecule has 0 heterocycles. The summed E-state index contributed by atoms with van der Waals surface area (Å²) in [6.07, 6.45) is -0.351. The summed E-state index contributed by atoms with van der Waals surface area (Å²) in [7, 11) is 0. The second kappa shape index (κ2) is 13.4. The van der Waals surface area contributed by atoms with Crippen LogP contribution >= 0.6 is 24.8 Å². The van der Waals surface area contributed by atoms with Gasteiger partial charge in [-0.25, -0.2) is 4.39 Å². The molecule has 0 spiro atoms. The van der Waals surface area contributed by atoms with E-state index in [-0.39, 0.29) is 43.3 Å². The van der Waals surface area contributed by atoms with Crippen molar-refractivity contribution < 1.29 is 14.2 Å². The van der Waals surface area contributed by atoms with Gasteiger partial charge in [0, 0.05) is 37.3 Å². The van der Waals surface area contributed by atoms with Gasteiger partial charge in [-0.15, -0.1) is 24.8 Å². The minimum atomic E-state index is -0.351. The third-order valence-electron chi connectivity index (χ3n) is 4.56. The van der Waals surface area contributed by atoms with Crippen molar-refractivity contribution in [2.24, 2.45) is 0 Å². The van der Waals surface area contributed by atoms with Gasteiger partial charge in [0.1, 0.15) is 18.2 Å². The van der Waals surface area contributed by atoms with Crippen LogP contribution in [0.25, 0.3) is 10.8 Å². The molecule has 0 amide bonds. The molecule has 0 aliphatic carbocycles. The fourth-order valence-electron chi connectivity index (χ4n) is 3.11. The van der Waals surface area contributed by atoms with E-state index >= 15 is 0 Å². The third-order valence-corrected chi connectivity index (χ3v) is 4.56. The van der Waals surface area contributed by atoms with Crippen molar-refractivity contribution in [2.75, 3.05) is 19.6 Å². The molecule has 3 rings (SSSR count). The summed E-state index contributed by atoms with van der Waals surface area (Å²) in [5.41, 5.74) is 1.60. The van der Waals surface area contributed by atoms with Crippen molar-refractivity contribution in [2.45, 2.75) is 26.2 Å². The largest absolute Gasteiger partial charge is 0.488 e. The standard InChI is InChI=1S/C23H27FN2O2.2ClH/c1-17(27)14-25-12-13-26-15-21-20-8-4-2-6-18(20)10-11-23(21)28-16-19-7-3-5-9-22(19)24;;/h2-11,17,25-27H,12-16H2,1H3;2*1H. The Morgan fingerprint density at radius 1 is 0.933 bits per heavy atom. The number of hydrogen-bond donors (Lipinski definition) is 3. The zero-order valence-electron chi connectivity index (χ0n) is 16.9. The first-order valence-corrected chi connectivity index (χ1v) is 9.61. The predicted octanol–water partition coefficient (Wildman–Crippen LogP) is 4.46. The lowest BCUT2D eigenvalue weighted by atomic mass is 10.0. The Kier molecular flexibility index (Phi) is 11.7. The maximum absolute atomic E-state index is 13.9. The number of nitrogens with one attached hydrogen (secondary N) is 2. The first kappa shape index (κ1) is 26.1. The number of benzene rings is 3. The van der Waals surface area contributed by atoms with Crippen LogP contribution in [0.4, 0.5) is 4.39 Å². The highest BCUT2D eigenvalue weighted by atomic mass is 35.5. The van der Waals surface area contributed by atoms with Gasteiger partial charge in [0.2, 0.25) is 0 Å². The van der Waals surface area contributed by atoms with Crippen molar-refractivity contribution in [3.05, 3.63) is 77.6 Å². The van der Waals surface area contributed by atoms with E-state index < -0.39 is 0 Å². The Morgan fingerprint density at radius 2 is 1.63 bits per heavy atom.